The molecule has 2 fully saturated rings. The van der Waals surface area contributed by atoms with Crippen LogP contribution in [0.25, 0.3) is 0 Å². The predicted molar refractivity (Wildman–Crippen MR) is 93.2 cm³/mol. The zero-order valence-electron chi connectivity index (χ0n) is 13.7. The standard InChI is InChI=1S/C17H21ClFN3OS/c1-22(15(23)17(19)9-11(10-17)7-8-20)16-21-14(18)13(24-16)12-5-3-2-4-6-12/h11-12H,2-7,9-10H2,1H3. The first-order chi connectivity index (χ1) is 11.4. The molecule has 0 unspecified atom stereocenters. The molecule has 0 bridgehead atoms. The molecule has 1 heterocycles. The Balaban J connectivity index is 1.70. The van der Waals surface area contributed by atoms with Crippen LogP contribution < -0.4 is 4.90 Å². The van der Waals surface area contributed by atoms with E-state index in [9.17, 15) is 9.18 Å². The number of amides is 1. The molecule has 0 N–H and O–H groups in total. The topological polar surface area (TPSA) is 57.0 Å². The van der Waals surface area contributed by atoms with Crippen LogP contribution in [0.2, 0.25) is 5.15 Å². The number of hydrogen-bond acceptors (Lipinski definition) is 4. The van der Waals surface area contributed by atoms with E-state index < -0.39 is 11.6 Å². The van der Waals surface area contributed by atoms with Crippen molar-refractivity contribution >= 4 is 34.0 Å². The lowest BCUT2D eigenvalue weighted by molar-refractivity contribution is -0.138. The van der Waals surface area contributed by atoms with Crippen LogP contribution in [0.15, 0.2) is 0 Å². The van der Waals surface area contributed by atoms with Gasteiger partial charge in [0, 0.05) is 18.3 Å². The molecule has 1 aromatic heterocycles. The third kappa shape index (κ3) is 3.29. The number of anilines is 1. The molecular weight excluding hydrogens is 349 g/mol. The van der Waals surface area contributed by atoms with Crippen LogP contribution in [0.5, 0.6) is 0 Å². The van der Waals surface area contributed by atoms with Crippen molar-refractivity contribution in [3.8, 4) is 6.07 Å². The fraction of sp³-hybridized carbons (Fsp3) is 0.706. The normalized spacial score (nSPS) is 27.3. The van der Waals surface area contributed by atoms with E-state index in [-0.39, 0.29) is 18.8 Å². The lowest BCUT2D eigenvalue weighted by Gasteiger charge is -2.40. The van der Waals surface area contributed by atoms with E-state index in [1.165, 1.54) is 35.5 Å². The van der Waals surface area contributed by atoms with Crippen molar-refractivity contribution in [2.45, 2.75) is 63.0 Å². The van der Waals surface area contributed by atoms with Gasteiger partial charge in [0.05, 0.1) is 6.07 Å². The van der Waals surface area contributed by atoms with Crippen LogP contribution in [-0.4, -0.2) is 23.6 Å². The summed E-state index contributed by atoms with van der Waals surface area (Å²) < 4.78 is 14.7. The summed E-state index contributed by atoms with van der Waals surface area (Å²) in [6, 6.07) is 2.04. The Morgan fingerprint density at radius 2 is 2.12 bits per heavy atom. The molecule has 1 amide bonds. The number of hydrogen-bond donors (Lipinski definition) is 0. The average Bonchev–Trinajstić information content (AvgIpc) is 2.94. The Morgan fingerprint density at radius 3 is 2.75 bits per heavy atom. The summed E-state index contributed by atoms with van der Waals surface area (Å²) in [5, 5.41) is 9.58. The third-order valence-electron chi connectivity index (χ3n) is 5.15. The molecule has 0 radical (unpaired) electrons. The number of thiazole rings is 1. The van der Waals surface area contributed by atoms with Crippen molar-refractivity contribution in [3.63, 3.8) is 0 Å². The Hall–Kier alpha value is -1.19. The molecule has 0 atom stereocenters. The van der Waals surface area contributed by atoms with E-state index in [1.807, 2.05) is 6.07 Å². The van der Waals surface area contributed by atoms with Gasteiger partial charge in [-0.3, -0.25) is 9.69 Å². The van der Waals surface area contributed by atoms with Gasteiger partial charge in [-0.2, -0.15) is 5.26 Å². The number of alkyl halides is 1. The second kappa shape index (κ2) is 6.97. The summed E-state index contributed by atoms with van der Waals surface area (Å²) in [6.45, 7) is 0. The van der Waals surface area contributed by atoms with Gasteiger partial charge in [-0.15, -0.1) is 0 Å². The quantitative estimate of drug-likeness (QED) is 0.763. The molecule has 7 heteroatoms. The number of carbonyl (C=O) groups is 1. The Kier molecular flexibility index (Phi) is 5.12. The van der Waals surface area contributed by atoms with Gasteiger partial charge in [0.1, 0.15) is 5.15 Å². The number of rotatable bonds is 4. The van der Waals surface area contributed by atoms with Crippen LogP contribution >= 0.6 is 22.9 Å². The molecule has 0 saturated heterocycles. The summed E-state index contributed by atoms with van der Waals surface area (Å²) >= 11 is 7.69. The van der Waals surface area contributed by atoms with Gasteiger partial charge in [0.15, 0.2) is 10.8 Å². The third-order valence-corrected chi connectivity index (χ3v) is 6.85. The number of nitriles is 1. The molecule has 2 aliphatic rings. The molecule has 4 nitrogen and oxygen atoms in total. The van der Waals surface area contributed by atoms with Crippen molar-refractivity contribution in [3.05, 3.63) is 10.0 Å². The summed E-state index contributed by atoms with van der Waals surface area (Å²) in [5.41, 5.74) is -1.86. The SMILES string of the molecule is CN(C(=O)C1(F)CC(CC#N)C1)c1nc(Cl)c(C2CCCCC2)s1. The fourth-order valence-electron chi connectivity index (χ4n) is 3.75. The zero-order valence-corrected chi connectivity index (χ0v) is 15.3. The molecule has 0 aromatic carbocycles. The predicted octanol–water partition coefficient (Wildman–Crippen LogP) is 4.84. The van der Waals surface area contributed by atoms with E-state index in [0.717, 1.165) is 17.7 Å². The van der Waals surface area contributed by atoms with E-state index in [2.05, 4.69) is 4.98 Å². The molecule has 0 aliphatic heterocycles. The maximum atomic E-state index is 14.7. The lowest BCUT2D eigenvalue weighted by atomic mass is 9.70. The second-order valence-corrected chi connectivity index (χ2v) is 8.32. The first kappa shape index (κ1) is 17.6. The van der Waals surface area contributed by atoms with Gasteiger partial charge in [0.2, 0.25) is 0 Å². The van der Waals surface area contributed by atoms with Gasteiger partial charge >= 0.3 is 0 Å². The van der Waals surface area contributed by atoms with Crippen LogP contribution in [-0.2, 0) is 4.79 Å². The highest BCUT2D eigenvalue weighted by Crippen LogP contribution is 2.46. The minimum atomic E-state index is -1.86. The monoisotopic (exact) mass is 369 g/mol. The Morgan fingerprint density at radius 1 is 1.46 bits per heavy atom. The van der Waals surface area contributed by atoms with Crippen molar-refractivity contribution in [1.29, 1.82) is 5.26 Å². The molecule has 2 saturated carbocycles. The largest absolute Gasteiger partial charge is 0.288 e. The van der Waals surface area contributed by atoms with Gasteiger partial charge in [-0.05, 0) is 37.5 Å². The summed E-state index contributed by atoms with van der Waals surface area (Å²) in [6.07, 6.45) is 6.39. The highest BCUT2D eigenvalue weighted by molar-refractivity contribution is 7.16. The van der Waals surface area contributed by atoms with Gasteiger partial charge < -0.3 is 0 Å². The van der Waals surface area contributed by atoms with E-state index >= 15 is 0 Å². The molecule has 130 valence electrons. The molecule has 0 spiro atoms. The fourth-order valence-corrected chi connectivity index (χ4v) is 5.24. The minimum Gasteiger partial charge on any atom is -0.288 e. The summed E-state index contributed by atoms with van der Waals surface area (Å²) in [7, 11) is 1.56. The number of carbonyl (C=O) groups excluding carboxylic acids is 1. The minimum absolute atomic E-state index is 0.0185. The van der Waals surface area contributed by atoms with E-state index in [4.69, 9.17) is 16.9 Å². The van der Waals surface area contributed by atoms with Crippen molar-refractivity contribution < 1.29 is 9.18 Å². The summed E-state index contributed by atoms with van der Waals surface area (Å²) in [4.78, 5) is 19.1. The number of halogens is 2. The van der Waals surface area contributed by atoms with E-state index in [0.29, 0.717) is 22.6 Å². The van der Waals surface area contributed by atoms with E-state index in [1.54, 1.807) is 7.05 Å². The van der Waals surface area contributed by atoms with Gasteiger partial charge in [0.25, 0.3) is 5.91 Å². The molecule has 1 aromatic rings. The Labute approximate surface area is 150 Å². The highest BCUT2D eigenvalue weighted by Gasteiger charge is 2.52. The average molecular weight is 370 g/mol. The molecule has 3 rings (SSSR count). The smallest absolute Gasteiger partial charge is 0.266 e. The van der Waals surface area contributed by atoms with Crippen molar-refractivity contribution in [1.82, 2.24) is 4.98 Å². The Bertz CT molecular complexity index is 659. The number of aromatic nitrogens is 1. The number of nitrogens with zero attached hydrogens (tertiary/aromatic N) is 3. The van der Waals surface area contributed by atoms with Gasteiger partial charge in [-0.25, -0.2) is 9.37 Å². The highest BCUT2D eigenvalue weighted by atomic mass is 35.5. The molecular formula is C17H21ClFN3OS. The van der Waals surface area contributed by atoms with Crippen LogP contribution in [0.3, 0.4) is 0 Å². The summed E-state index contributed by atoms with van der Waals surface area (Å²) in [5.74, 6) is -0.184. The van der Waals surface area contributed by atoms with Gasteiger partial charge in [-0.1, -0.05) is 42.2 Å². The molecule has 2 aliphatic carbocycles. The zero-order chi connectivity index (χ0) is 17.3. The maximum absolute atomic E-state index is 14.7. The molecule has 24 heavy (non-hydrogen) atoms. The van der Waals surface area contributed by atoms with Crippen molar-refractivity contribution in [2.24, 2.45) is 5.92 Å². The van der Waals surface area contributed by atoms with Crippen LogP contribution in [0.4, 0.5) is 9.52 Å². The van der Waals surface area contributed by atoms with Crippen LogP contribution in [0, 0.1) is 17.2 Å². The first-order valence-corrected chi connectivity index (χ1v) is 9.64. The van der Waals surface area contributed by atoms with Crippen molar-refractivity contribution in [2.75, 3.05) is 11.9 Å². The lowest BCUT2D eigenvalue weighted by Crippen LogP contribution is -2.53. The first-order valence-electron chi connectivity index (χ1n) is 8.45. The maximum Gasteiger partial charge on any atom is 0.266 e. The second-order valence-electron chi connectivity index (χ2n) is 6.95. The van der Waals surface area contributed by atoms with Crippen LogP contribution in [0.1, 0.15) is 62.2 Å².